The molecule has 0 saturated carbocycles. The SMILES string of the molecule is O=S(=O)(O)c1cc2cc(S(=O)(=O)O)c3c(O)c2c(O)c1Cc1c(S(=O)(=O)O)cc2cc(S(=O)(=O)O)c(c(O)c2c1O)Cc1c(S(=O)(=O)O)cc2cc(S(=O)(=O)O)c(c(O)c2c1O)Cc1c(S(=O)(=O)O)cc2cc(S(=O)(=O)O)c(c(O)c2c1O)C3. The molecule has 9 rings (SSSR count). The molecule has 32 nitrogen and oxygen atoms in total. The average Bonchev–Trinajstić information content (AvgIpc) is 1.45. The number of benzene rings is 8. The van der Waals surface area contributed by atoms with Crippen molar-refractivity contribution in [3.05, 3.63) is 93.0 Å². The highest BCUT2D eigenvalue weighted by molar-refractivity contribution is 7.87. The van der Waals surface area contributed by atoms with E-state index in [0.29, 0.717) is 0 Å². The molecule has 0 spiro atoms. The van der Waals surface area contributed by atoms with E-state index < -0.39 is 279 Å². The van der Waals surface area contributed by atoms with E-state index in [-0.39, 0.29) is 48.5 Å². The second kappa shape index (κ2) is 19.0. The Balaban J connectivity index is 1.59. The Morgan fingerprint density at radius 2 is 0.298 bits per heavy atom. The van der Waals surface area contributed by atoms with Crippen LogP contribution in [0.1, 0.15) is 44.5 Å². The monoisotopic (exact) mass is 1330 g/mol. The third-order valence-corrected chi connectivity index (χ3v) is 21.0. The van der Waals surface area contributed by atoms with Crippen LogP contribution in [-0.2, 0) is 107 Å². The molecule has 8 aromatic carbocycles. The molecule has 448 valence electrons. The zero-order valence-electron chi connectivity index (χ0n) is 40.4. The summed E-state index contributed by atoms with van der Waals surface area (Å²) in [4.78, 5) is -13.0. The summed E-state index contributed by atoms with van der Waals surface area (Å²) in [5.74, 6) is -13.8. The largest absolute Gasteiger partial charge is 0.507 e. The summed E-state index contributed by atoms with van der Waals surface area (Å²) in [6.45, 7) is 0. The van der Waals surface area contributed by atoms with Gasteiger partial charge in [0.25, 0.3) is 80.9 Å². The number of aromatic hydroxyl groups is 8. The zero-order chi connectivity index (χ0) is 63.0. The van der Waals surface area contributed by atoms with Crippen LogP contribution in [0, 0.1) is 0 Å². The van der Waals surface area contributed by atoms with Gasteiger partial charge in [-0.05, 0) is 70.1 Å². The predicted octanol–water partition coefficient (Wildman–Crippen LogP) is 2.59. The summed E-state index contributed by atoms with van der Waals surface area (Å²) in [6, 6.07) is 1.68. The van der Waals surface area contributed by atoms with Crippen LogP contribution in [0.25, 0.3) is 43.1 Å². The number of hydrogen-bond donors (Lipinski definition) is 16. The van der Waals surface area contributed by atoms with E-state index >= 15 is 0 Å². The van der Waals surface area contributed by atoms with E-state index in [4.69, 9.17) is 0 Å². The third-order valence-electron chi connectivity index (χ3n) is 13.6. The minimum atomic E-state index is -5.92. The number of fused-ring (bicyclic) bond motifs is 8. The van der Waals surface area contributed by atoms with Gasteiger partial charge in [-0.1, -0.05) is 0 Å². The van der Waals surface area contributed by atoms with E-state index in [1.807, 2.05) is 0 Å². The molecule has 0 aromatic heterocycles. The van der Waals surface area contributed by atoms with Crippen molar-refractivity contribution in [1.29, 1.82) is 0 Å². The van der Waals surface area contributed by atoms with E-state index in [9.17, 15) is 145 Å². The van der Waals surface area contributed by atoms with Gasteiger partial charge in [-0.15, -0.1) is 0 Å². The van der Waals surface area contributed by atoms with E-state index in [1.54, 1.807) is 0 Å². The molecular weight excluding hydrogens is 1300 g/mol. The Hall–Kier alpha value is -7.52. The molecule has 0 radical (unpaired) electrons. The first kappa shape index (κ1) is 61.1. The minimum absolute atomic E-state index is 0.210. The van der Waals surface area contributed by atoms with Crippen LogP contribution in [0.15, 0.2) is 87.7 Å². The van der Waals surface area contributed by atoms with E-state index in [0.717, 1.165) is 0 Å². The highest BCUT2D eigenvalue weighted by Crippen LogP contribution is 2.53. The summed E-state index contributed by atoms with van der Waals surface area (Å²) < 4.78 is 294. The van der Waals surface area contributed by atoms with Crippen LogP contribution in [-0.4, -0.2) is 145 Å². The molecule has 0 fully saturated rings. The lowest BCUT2D eigenvalue weighted by Crippen LogP contribution is -2.12. The van der Waals surface area contributed by atoms with Gasteiger partial charge in [-0.25, -0.2) is 0 Å². The van der Waals surface area contributed by atoms with Crippen molar-refractivity contribution in [3.63, 3.8) is 0 Å². The standard InChI is InChI=1S/C44H32O32S8/c45-37-17-9-18-27(79(59,60)61)3-14-4-29(81(65,66)67)21(41(49)34(14)39(18)47)11-22-31(83(71,72)73)7-16-8-32(84(74,75)76)24(44(52)36(16)43(22)51)12-23-30(82(68,69)70)6-15-5-28(80(62,63)64)20(40(48)35(15)42(23)50)10-19-26(78(56,57)58)2-13(33(37)38(19)46)1-25(17)77(53,54)55/h1-8,45-52H,9-12H2,(H,53,54,55)(H,56,57,58)(H,59,60,61)(H,62,63,64)(H,65,66,67)(H,68,69,70)(H,71,72,73)(H,74,75,76). The quantitative estimate of drug-likeness (QED) is 0.0972. The van der Waals surface area contributed by atoms with Crippen molar-refractivity contribution in [2.24, 2.45) is 0 Å². The Kier molecular flexibility index (Phi) is 13.8. The predicted molar refractivity (Wildman–Crippen MR) is 279 cm³/mol. The first-order valence-corrected chi connectivity index (χ1v) is 33.5. The molecule has 0 saturated heterocycles. The van der Waals surface area contributed by atoms with Crippen molar-refractivity contribution in [2.45, 2.75) is 64.8 Å². The molecule has 0 atom stereocenters. The van der Waals surface area contributed by atoms with Gasteiger partial charge in [0, 0.05) is 70.2 Å². The maximum atomic E-state index is 13.1. The van der Waals surface area contributed by atoms with Crippen LogP contribution >= 0.6 is 0 Å². The normalized spacial score (nSPS) is 14.2. The fourth-order valence-corrected chi connectivity index (χ4v) is 16.2. The molecule has 84 heavy (non-hydrogen) atoms. The Morgan fingerprint density at radius 1 is 0.202 bits per heavy atom. The Morgan fingerprint density at radius 3 is 0.381 bits per heavy atom. The zero-order valence-corrected chi connectivity index (χ0v) is 46.9. The number of hydrogen-bond acceptors (Lipinski definition) is 24. The Bertz CT molecular complexity index is 4440. The minimum Gasteiger partial charge on any atom is -0.507 e. The first-order chi connectivity index (χ1) is 38.1. The van der Waals surface area contributed by atoms with Gasteiger partial charge >= 0.3 is 0 Å². The van der Waals surface area contributed by atoms with Gasteiger partial charge in [0.15, 0.2) is 0 Å². The smallest absolute Gasteiger partial charge is 0.294 e. The summed E-state index contributed by atoms with van der Waals surface area (Å²) in [5, 5.41) is 86.8. The van der Waals surface area contributed by atoms with E-state index in [1.165, 1.54) is 0 Å². The number of phenols is 8. The van der Waals surface area contributed by atoms with Crippen LogP contribution in [0.5, 0.6) is 46.0 Å². The van der Waals surface area contributed by atoms with Gasteiger partial charge in [0.05, 0.1) is 21.5 Å². The fraction of sp³-hybridized carbons (Fsp3) is 0.0909. The molecule has 12 bridgehead atoms. The van der Waals surface area contributed by atoms with Gasteiger partial charge in [0.1, 0.15) is 85.2 Å². The van der Waals surface area contributed by atoms with Crippen LogP contribution in [0.3, 0.4) is 0 Å². The third kappa shape index (κ3) is 10.0. The van der Waals surface area contributed by atoms with Crippen molar-refractivity contribution >= 4 is 124 Å². The molecule has 8 aromatic rings. The lowest BCUT2D eigenvalue weighted by molar-refractivity contribution is 0.440. The maximum absolute atomic E-state index is 13.1. The molecule has 0 heterocycles. The highest BCUT2D eigenvalue weighted by Gasteiger charge is 2.38. The van der Waals surface area contributed by atoms with E-state index in [2.05, 4.69) is 0 Å². The molecule has 1 aliphatic carbocycles. The molecule has 16 N–H and O–H groups in total. The Labute approximate surface area is 469 Å². The molecular formula is C44H32O32S8. The summed E-state index contributed by atoms with van der Waals surface area (Å²) in [5.41, 5.74) is -11.2. The summed E-state index contributed by atoms with van der Waals surface area (Å²) in [7, 11) is -47.4. The van der Waals surface area contributed by atoms with Gasteiger partial charge in [-0.2, -0.15) is 67.3 Å². The molecule has 0 amide bonds. The number of phenolic OH excluding ortho intramolecular Hbond substituents is 8. The number of rotatable bonds is 8. The second-order valence-corrected chi connectivity index (χ2v) is 29.6. The van der Waals surface area contributed by atoms with Crippen molar-refractivity contribution in [1.82, 2.24) is 0 Å². The fourth-order valence-electron chi connectivity index (χ4n) is 10.2. The molecule has 0 aliphatic heterocycles. The molecule has 0 unspecified atom stereocenters. The summed E-state index contributed by atoms with van der Waals surface area (Å²) in [6.07, 6.45) is -6.91. The van der Waals surface area contributed by atoms with Gasteiger partial charge < -0.3 is 40.9 Å². The van der Waals surface area contributed by atoms with Crippen LogP contribution < -0.4 is 0 Å². The van der Waals surface area contributed by atoms with Crippen LogP contribution in [0.4, 0.5) is 0 Å². The first-order valence-electron chi connectivity index (χ1n) is 22.0. The highest BCUT2D eigenvalue weighted by atomic mass is 32.2. The van der Waals surface area contributed by atoms with Crippen molar-refractivity contribution in [2.75, 3.05) is 0 Å². The topological polar surface area (TPSA) is 597 Å². The van der Waals surface area contributed by atoms with Crippen molar-refractivity contribution < 1.29 is 145 Å². The molecule has 1 aliphatic rings. The van der Waals surface area contributed by atoms with Crippen LogP contribution in [0.2, 0.25) is 0 Å². The van der Waals surface area contributed by atoms with Gasteiger partial charge in [0.2, 0.25) is 0 Å². The summed E-state index contributed by atoms with van der Waals surface area (Å²) >= 11 is 0. The average molecular weight is 1330 g/mol. The van der Waals surface area contributed by atoms with Gasteiger partial charge in [-0.3, -0.25) is 36.4 Å². The van der Waals surface area contributed by atoms with Crippen molar-refractivity contribution in [3.8, 4) is 46.0 Å². The lowest BCUT2D eigenvalue weighted by Gasteiger charge is -2.22. The lowest BCUT2D eigenvalue weighted by atomic mass is 9.91. The molecule has 40 heteroatoms. The maximum Gasteiger partial charge on any atom is 0.294 e. The second-order valence-electron chi connectivity index (χ2n) is 18.5.